The minimum absolute atomic E-state index is 0.0587. The number of hydrogen-bond donors (Lipinski definition) is 2. The highest BCUT2D eigenvalue weighted by molar-refractivity contribution is 7.93. The number of sulfonamides is 1. The molecular weight excluding hydrogens is 362 g/mol. The molecule has 0 saturated heterocycles. The molecule has 0 unspecified atom stereocenters. The highest BCUT2D eigenvalue weighted by atomic mass is 32.2. The van der Waals surface area contributed by atoms with E-state index in [0.717, 1.165) is 29.7 Å². The molecule has 4 rings (SSSR count). The molecule has 1 aromatic heterocycles. The molecule has 1 aromatic carbocycles. The molecule has 0 spiro atoms. The first-order valence-electron chi connectivity index (χ1n) is 7.64. The molecule has 1 aliphatic heterocycles. The van der Waals surface area contributed by atoms with Gasteiger partial charge in [0.2, 0.25) is 0 Å². The third-order valence-corrected chi connectivity index (χ3v) is 6.91. The number of benzene rings is 1. The molecule has 25 heavy (non-hydrogen) atoms. The van der Waals surface area contributed by atoms with Crippen LogP contribution in [-0.2, 0) is 29.4 Å². The van der Waals surface area contributed by atoms with Gasteiger partial charge in [-0.05, 0) is 43.0 Å². The molecule has 2 aliphatic rings. The lowest BCUT2D eigenvalue weighted by Gasteiger charge is -2.17. The molecule has 2 heterocycles. The number of thiophene rings is 1. The molecule has 2 aromatic rings. The fourth-order valence-corrected chi connectivity index (χ4v) is 5.63. The number of hydrogen-bond acceptors (Lipinski definition) is 6. The second kappa shape index (κ2) is 5.75. The predicted molar refractivity (Wildman–Crippen MR) is 91.2 cm³/mol. The Morgan fingerprint density at radius 3 is 2.96 bits per heavy atom. The summed E-state index contributed by atoms with van der Waals surface area (Å²) in [6, 6.07) is 6.43. The van der Waals surface area contributed by atoms with Gasteiger partial charge >= 0.3 is 6.09 Å². The number of nitriles is 1. The maximum atomic E-state index is 12.7. The van der Waals surface area contributed by atoms with Crippen molar-refractivity contribution in [1.82, 2.24) is 5.32 Å². The van der Waals surface area contributed by atoms with E-state index in [0.29, 0.717) is 21.9 Å². The number of rotatable bonds is 3. The minimum Gasteiger partial charge on any atom is -0.410 e. The van der Waals surface area contributed by atoms with E-state index in [9.17, 15) is 18.5 Å². The molecule has 128 valence electrons. The summed E-state index contributed by atoms with van der Waals surface area (Å²) >= 11 is 1.33. The lowest BCUT2D eigenvalue weighted by molar-refractivity contribution is 0.194. The summed E-state index contributed by atoms with van der Waals surface area (Å²) in [5.74, 6) is 0.343. The van der Waals surface area contributed by atoms with Crippen molar-refractivity contribution in [2.24, 2.45) is 0 Å². The maximum absolute atomic E-state index is 12.7. The van der Waals surface area contributed by atoms with Crippen LogP contribution in [0, 0.1) is 11.3 Å². The summed E-state index contributed by atoms with van der Waals surface area (Å²) in [5, 5.41) is 12.3. The van der Waals surface area contributed by atoms with Crippen LogP contribution in [0.3, 0.4) is 0 Å². The molecule has 0 saturated carbocycles. The molecule has 0 fully saturated rings. The van der Waals surface area contributed by atoms with Crippen LogP contribution in [0.1, 0.15) is 28.0 Å². The molecule has 1 amide bonds. The standard InChI is InChI=1S/C16H13N3O4S2/c17-7-12-11-2-1-3-14(11)24-15(12)19-25(21,22)10-4-5-13-9(6-10)8-18-16(20)23-13/h4-6,19H,1-3,8H2,(H,18,20). The van der Waals surface area contributed by atoms with Gasteiger partial charge < -0.3 is 10.1 Å². The highest BCUT2D eigenvalue weighted by Crippen LogP contribution is 2.39. The smallest absolute Gasteiger partial charge is 0.410 e. The van der Waals surface area contributed by atoms with E-state index in [1.807, 2.05) is 0 Å². The third-order valence-electron chi connectivity index (χ3n) is 4.23. The van der Waals surface area contributed by atoms with Crippen molar-refractivity contribution in [2.75, 3.05) is 4.72 Å². The van der Waals surface area contributed by atoms with Gasteiger partial charge in [0.1, 0.15) is 16.8 Å². The number of aryl methyl sites for hydroxylation is 1. The van der Waals surface area contributed by atoms with Gasteiger partial charge in [-0.15, -0.1) is 11.3 Å². The van der Waals surface area contributed by atoms with E-state index in [1.54, 1.807) is 0 Å². The summed E-state index contributed by atoms with van der Waals surface area (Å²) in [7, 11) is -3.84. The normalized spacial score (nSPS) is 15.6. The minimum atomic E-state index is -3.84. The van der Waals surface area contributed by atoms with Crippen molar-refractivity contribution in [3.05, 3.63) is 39.8 Å². The third kappa shape index (κ3) is 2.73. The Balaban J connectivity index is 1.67. The highest BCUT2D eigenvalue weighted by Gasteiger charge is 2.26. The Kier molecular flexibility index (Phi) is 3.67. The number of amides is 1. The van der Waals surface area contributed by atoms with Crippen LogP contribution in [-0.4, -0.2) is 14.5 Å². The lowest BCUT2D eigenvalue weighted by atomic mass is 10.1. The number of nitrogens with zero attached hydrogens (tertiary/aromatic N) is 1. The SMILES string of the molecule is N#Cc1c(NS(=O)(=O)c2ccc3c(c2)CNC(=O)O3)sc2c1CCC2. The molecule has 1 aliphatic carbocycles. The van der Waals surface area contributed by atoms with Crippen molar-refractivity contribution in [2.45, 2.75) is 30.7 Å². The fourth-order valence-electron chi connectivity index (χ4n) is 3.04. The zero-order valence-corrected chi connectivity index (χ0v) is 14.6. The van der Waals surface area contributed by atoms with Crippen molar-refractivity contribution < 1.29 is 17.9 Å². The quantitative estimate of drug-likeness (QED) is 0.857. The zero-order chi connectivity index (χ0) is 17.6. The molecule has 0 atom stereocenters. The molecule has 7 nitrogen and oxygen atoms in total. The Morgan fingerprint density at radius 2 is 2.16 bits per heavy atom. The zero-order valence-electron chi connectivity index (χ0n) is 13.0. The molecule has 9 heteroatoms. The van der Waals surface area contributed by atoms with E-state index in [2.05, 4.69) is 16.1 Å². The van der Waals surface area contributed by atoms with Crippen LogP contribution in [0.2, 0.25) is 0 Å². The van der Waals surface area contributed by atoms with Crippen LogP contribution in [0.4, 0.5) is 9.80 Å². The van der Waals surface area contributed by atoms with Gasteiger partial charge in [-0.3, -0.25) is 4.72 Å². The van der Waals surface area contributed by atoms with E-state index >= 15 is 0 Å². The van der Waals surface area contributed by atoms with E-state index in [1.165, 1.54) is 29.5 Å². The number of ether oxygens (including phenoxy) is 1. The Bertz CT molecular complexity index is 1030. The van der Waals surface area contributed by atoms with Gasteiger partial charge in [-0.25, -0.2) is 13.2 Å². The molecule has 0 bridgehead atoms. The Labute approximate surface area is 148 Å². The van der Waals surface area contributed by atoms with Crippen LogP contribution < -0.4 is 14.8 Å². The largest absolute Gasteiger partial charge is 0.412 e. The summed E-state index contributed by atoms with van der Waals surface area (Å²) in [6.45, 7) is 0.203. The van der Waals surface area contributed by atoms with Gasteiger partial charge in [-0.1, -0.05) is 0 Å². The number of carbonyl (C=O) groups is 1. The number of fused-ring (bicyclic) bond motifs is 2. The second-order valence-corrected chi connectivity index (χ2v) is 8.58. The first kappa shape index (κ1) is 15.9. The average Bonchev–Trinajstić information content (AvgIpc) is 3.14. The lowest BCUT2D eigenvalue weighted by Crippen LogP contribution is -2.31. The predicted octanol–water partition coefficient (Wildman–Crippen LogP) is 2.51. The van der Waals surface area contributed by atoms with Crippen molar-refractivity contribution in [3.63, 3.8) is 0 Å². The average molecular weight is 375 g/mol. The van der Waals surface area contributed by atoms with Crippen LogP contribution in [0.5, 0.6) is 5.75 Å². The van der Waals surface area contributed by atoms with Gasteiger partial charge in [0, 0.05) is 17.0 Å². The monoisotopic (exact) mass is 375 g/mol. The summed E-state index contributed by atoms with van der Waals surface area (Å²) in [4.78, 5) is 12.3. The summed E-state index contributed by atoms with van der Waals surface area (Å²) in [6.07, 6.45) is 2.13. The Hall–Kier alpha value is -2.57. The first-order chi connectivity index (χ1) is 12.0. The van der Waals surface area contributed by atoms with Crippen LogP contribution >= 0.6 is 11.3 Å². The van der Waals surface area contributed by atoms with E-state index < -0.39 is 16.1 Å². The summed E-state index contributed by atoms with van der Waals surface area (Å²) < 4.78 is 32.9. The molecule has 0 radical (unpaired) electrons. The fraction of sp³-hybridized carbons (Fsp3) is 0.250. The van der Waals surface area contributed by atoms with E-state index in [-0.39, 0.29) is 11.4 Å². The topological polar surface area (TPSA) is 108 Å². The van der Waals surface area contributed by atoms with Crippen molar-refractivity contribution in [3.8, 4) is 11.8 Å². The van der Waals surface area contributed by atoms with Gasteiger partial charge in [0.25, 0.3) is 10.0 Å². The van der Waals surface area contributed by atoms with Gasteiger partial charge in [0.15, 0.2) is 0 Å². The summed E-state index contributed by atoms with van der Waals surface area (Å²) in [5.41, 5.74) is 1.97. The first-order valence-corrected chi connectivity index (χ1v) is 9.94. The molecule has 2 N–H and O–H groups in total. The van der Waals surface area contributed by atoms with Gasteiger partial charge in [0.05, 0.1) is 10.5 Å². The number of nitrogens with one attached hydrogen (secondary N) is 2. The molecular formula is C16H13N3O4S2. The van der Waals surface area contributed by atoms with Gasteiger partial charge in [-0.2, -0.15) is 5.26 Å². The Morgan fingerprint density at radius 1 is 1.32 bits per heavy atom. The second-order valence-electron chi connectivity index (χ2n) is 5.79. The van der Waals surface area contributed by atoms with Crippen molar-refractivity contribution in [1.29, 1.82) is 5.26 Å². The van der Waals surface area contributed by atoms with E-state index in [4.69, 9.17) is 4.74 Å². The van der Waals surface area contributed by atoms with Crippen LogP contribution in [0.15, 0.2) is 23.1 Å². The number of carbonyl (C=O) groups excluding carboxylic acids is 1. The maximum Gasteiger partial charge on any atom is 0.412 e. The van der Waals surface area contributed by atoms with Crippen LogP contribution in [0.25, 0.3) is 0 Å². The van der Waals surface area contributed by atoms with Crippen molar-refractivity contribution >= 4 is 32.5 Å². The number of anilines is 1.